The van der Waals surface area contributed by atoms with Gasteiger partial charge in [-0.15, -0.1) is 0 Å². The van der Waals surface area contributed by atoms with Gasteiger partial charge < -0.3 is 9.84 Å². The SMILES string of the molecule is CC1(C(O)CCc2ccsc2)CCCCO1. The van der Waals surface area contributed by atoms with Crippen LogP contribution in [0.15, 0.2) is 16.8 Å². The fraction of sp³-hybridized carbons (Fsp3) is 0.692. The van der Waals surface area contributed by atoms with Crippen LogP contribution in [-0.4, -0.2) is 23.4 Å². The number of aliphatic hydroxyl groups excluding tert-OH is 1. The predicted octanol–water partition coefficient (Wildman–Crippen LogP) is 3.00. The molecule has 1 N–H and O–H groups in total. The zero-order valence-electron chi connectivity index (χ0n) is 9.82. The van der Waals surface area contributed by atoms with Gasteiger partial charge in [0.1, 0.15) is 0 Å². The summed E-state index contributed by atoms with van der Waals surface area (Å²) in [5.41, 5.74) is 1.01. The summed E-state index contributed by atoms with van der Waals surface area (Å²) in [5, 5.41) is 14.4. The van der Waals surface area contributed by atoms with E-state index in [-0.39, 0.29) is 11.7 Å². The Morgan fingerprint density at radius 3 is 3.06 bits per heavy atom. The van der Waals surface area contributed by atoms with Crippen molar-refractivity contribution in [2.75, 3.05) is 6.61 Å². The maximum atomic E-state index is 10.2. The van der Waals surface area contributed by atoms with Gasteiger partial charge in [-0.05, 0) is 61.4 Å². The summed E-state index contributed by atoms with van der Waals surface area (Å²) in [4.78, 5) is 0. The lowest BCUT2D eigenvalue weighted by molar-refractivity contribution is -0.137. The second-order valence-corrected chi connectivity index (χ2v) is 5.58. The second-order valence-electron chi connectivity index (χ2n) is 4.80. The zero-order valence-corrected chi connectivity index (χ0v) is 10.6. The molecule has 16 heavy (non-hydrogen) atoms. The van der Waals surface area contributed by atoms with Crippen molar-refractivity contribution >= 4 is 11.3 Å². The van der Waals surface area contributed by atoms with Gasteiger partial charge in [-0.3, -0.25) is 0 Å². The number of aliphatic hydroxyl groups is 1. The standard InChI is InChI=1S/C13H20O2S/c1-13(7-2-3-8-15-13)12(14)5-4-11-6-9-16-10-11/h6,9-10,12,14H,2-5,7-8H2,1H3. The van der Waals surface area contributed by atoms with Crippen molar-refractivity contribution in [3.05, 3.63) is 22.4 Å². The minimum atomic E-state index is -0.340. The summed E-state index contributed by atoms with van der Waals surface area (Å²) in [6.45, 7) is 2.84. The van der Waals surface area contributed by atoms with Crippen molar-refractivity contribution in [1.29, 1.82) is 0 Å². The maximum absolute atomic E-state index is 10.2. The Morgan fingerprint density at radius 1 is 1.56 bits per heavy atom. The Labute approximate surface area is 101 Å². The molecule has 0 saturated carbocycles. The average Bonchev–Trinajstić information content (AvgIpc) is 2.79. The number of hydrogen-bond donors (Lipinski definition) is 1. The van der Waals surface area contributed by atoms with Crippen LogP contribution in [0.3, 0.4) is 0 Å². The van der Waals surface area contributed by atoms with Gasteiger partial charge in [-0.2, -0.15) is 11.3 Å². The first-order valence-electron chi connectivity index (χ1n) is 6.04. The molecule has 2 unspecified atom stereocenters. The van der Waals surface area contributed by atoms with E-state index in [9.17, 15) is 5.11 Å². The first kappa shape index (κ1) is 12.1. The van der Waals surface area contributed by atoms with E-state index in [1.165, 1.54) is 12.0 Å². The van der Waals surface area contributed by atoms with E-state index in [0.29, 0.717) is 0 Å². The lowest BCUT2D eigenvalue weighted by Crippen LogP contribution is -2.44. The summed E-state index contributed by atoms with van der Waals surface area (Å²) < 4.78 is 5.75. The third-order valence-corrected chi connectivity index (χ3v) is 4.22. The number of rotatable bonds is 4. The lowest BCUT2D eigenvalue weighted by atomic mass is 9.87. The molecule has 2 atom stereocenters. The molecule has 0 aromatic carbocycles. The molecule has 2 rings (SSSR count). The van der Waals surface area contributed by atoms with Crippen LogP contribution in [0.1, 0.15) is 38.2 Å². The largest absolute Gasteiger partial charge is 0.390 e. The number of thiophene rings is 1. The fourth-order valence-electron chi connectivity index (χ4n) is 2.26. The summed E-state index contributed by atoms with van der Waals surface area (Å²) in [6, 6.07) is 2.13. The van der Waals surface area contributed by atoms with Gasteiger partial charge in [0, 0.05) is 6.61 Å². The zero-order chi connectivity index (χ0) is 11.4. The van der Waals surface area contributed by atoms with Crippen LogP contribution in [0.4, 0.5) is 0 Å². The highest BCUT2D eigenvalue weighted by Gasteiger charge is 2.35. The highest BCUT2D eigenvalue weighted by molar-refractivity contribution is 7.07. The summed E-state index contributed by atoms with van der Waals surface area (Å²) in [7, 11) is 0. The van der Waals surface area contributed by atoms with Crippen LogP contribution in [0.2, 0.25) is 0 Å². The smallest absolute Gasteiger partial charge is 0.0912 e. The fourth-order valence-corrected chi connectivity index (χ4v) is 2.97. The maximum Gasteiger partial charge on any atom is 0.0912 e. The number of aryl methyl sites for hydroxylation is 1. The normalized spacial score (nSPS) is 27.9. The molecule has 0 bridgehead atoms. The van der Waals surface area contributed by atoms with E-state index < -0.39 is 0 Å². The van der Waals surface area contributed by atoms with E-state index in [1.807, 2.05) is 6.92 Å². The van der Waals surface area contributed by atoms with E-state index in [4.69, 9.17) is 4.74 Å². The van der Waals surface area contributed by atoms with Crippen molar-refractivity contribution in [3.63, 3.8) is 0 Å². The molecule has 1 fully saturated rings. The van der Waals surface area contributed by atoms with Crippen molar-refractivity contribution in [2.45, 2.75) is 50.7 Å². The Hall–Kier alpha value is -0.380. The molecule has 1 aromatic heterocycles. The van der Waals surface area contributed by atoms with Gasteiger partial charge in [-0.25, -0.2) is 0 Å². The van der Waals surface area contributed by atoms with E-state index >= 15 is 0 Å². The van der Waals surface area contributed by atoms with Crippen LogP contribution < -0.4 is 0 Å². The Kier molecular flexibility index (Phi) is 4.00. The monoisotopic (exact) mass is 240 g/mol. The topological polar surface area (TPSA) is 29.5 Å². The first-order chi connectivity index (χ1) is 7.71. The Morgan fingerprint density at radius 2 is 2.44 bits per heavy atom. The summed E-state index contributed by atoms with van der Waals surface area (Å²) >= 11 is 1.71. The molecule has 1 saturated heterocycles. The third-order valence-electron chi connectivity index (χ3n) is 3.49. The lowest BCUT2D eigenvalue weighted by Gasteiger charge is -2.38. The molecule has 0 spiro atoms. The third kappa shape index (κ3) is 2.84. The van der Waals surface area contributed by atoms with Crippen LogP contribution >= 0.6 is 11.3 Å². The average molecular weight is 240 g/mol. The van der Waals surface area contributed by atoms with Crippen molar-refractivity contribution < 1.29 is 9.84 Å². The summed E-state index contributed by atoms with van der Waals surface area (Å²) in [5.74, 6) is 0. The number of ether oxygens (including phenoxy) is 1. The molecule has 90 valence electrons. The minimum absolute atomic E-state index is 0.311. The molecular formula is C13H20O2S. The molecule has 0 aliphatic carbocycles. The van der Waals surface area contributed by atoms with Crippen LogP contribution in [-0.2, 0) is 11.2 Å². The van der Waals surface area contributed by atoms with Crippen LogP contribution in [0.5, 0.6) is 0 Å². The highest BCUT2D eigenvalue weighted by Crippen LogP contribution is 2.30. The van der Waals surface area contributed by atoms with Crippen LogP contribution in [0, 0.1) is 0 Å². The Bertz CT molecular complexity index is 302. The molecule has 0 amide bonds. The predicted molar refractivity (Wildman–Crippen MR) is 66.9 cm³/mol. The molecular weight excluding hydrogens is 220 g/mol. The number of hydrogen-bond acceptors (Lipinski definition) is 3. The molecule has 1 aliphatic heterocycles. The van der Waals surface area contributed by atoms with Crippen molar-refractivity contribution in [2.24, 2.45) is 0 Å². The summed E-state index contributed by atoms with van der Waals surface area (Å²) in [6.07, 6.45) is 4.70. The van der Waals surface area contributed by atoms with Gasteiger partial charge in [0.2, 0.25) is 0 Å². The Balaban J connectivity index is 1.84. The van der Waals surface area contributed by atoms with Crippen molar-refractivity contribution in [1.82, 2.24) is 0 Å². The van der Waals surface area contributed by atoms with E-state index in [1.54, 1.807) is 11.3 Å². The van der Waals surface area contributed by atoms with Gasteiger partial charge >= 0.3 is 0 Å². The molecule has 1 aliphatic rings. The molecule has 0 radical (unpaired) electrons. The van der Waals surface area contributed by atoms with E-state index in [0.717, 1.165) is 32.3 Å². The van der Waals surface area contributed by atoms with E-state index in [2.05, 4.69) is 16.8 Å². The molecule has 2 nitrogen and oxygen atoms in total. The first-order valence-corrected chi connectivity index (χ1v) is 6.98. The van der Waals surface area contributed by atoms with Gasteiger partial charge in [-0.1, -0.05) is 0 Å². The van der Waals surface area contributed by atoms with Gasteiger partial charge in [0.15, 0.2) is 0 Å². The van der Waals surface area contributed by atoms with Crippen LogP contribution in [0.25, 0.3) is 0 Å². The quantitative estimate of drug-likeness (QED) is 0.876. The molecule has 2 heterocycles. The minimum Gasteiger partial charge on any atom is -0.390 e. The second kappa shape index (κ2) is 5.30. The molecule has 3 heteroatoms. The van der Waals surface area contributed by atoms with Gasteiger partial charge in [0.25, 0.3) is 0 Å². The van der Waals surface area contributed by atoms with Crippen molar-refractivity contribution in [3.8, 4) is 0 Å². The van der Waals surface area contributed by atoms with Gasteiger partial charge in [0.05, 0.1) is 11.7 Å². The molecule has 1 aromatic rings. The highest BCUT2D eigenvalue weighted by atomic mass is 32.1.